The van der Waals surface area contributed by atoms with E-state index in [2.05, 4.69) is 4.98 Å². The van der Waals surface area contributed by atoms with Crippen LogP contribution in [0.4, 0.5) is 0 Å². The van der Waals surface area contributed by atoms with Crippen molar-refractivity contribution in [2.75, 3.05) is 0 Å². The number of imidazole rings is 1. The molecule has 0 aliphatic carbocycles. The molecule has 0 saturated carbocycles. The molecule has 1 heterocycles. The van der Waals surface area contributed by atoms with Crippen LogP contribution < -0.4 is 11.5 Å². The molecule has 0 atom stereocenters. The van der Waals surface area contributed by atoms with Crippen LogP contribution >= 0.6 is 0 Å². The first-order valence-corrected chi connectivity index (χ1v) is 7.41. The number of nitrogen functional groups attached to an aromatic ring is 2. The van der Waals surface area contributed by atoms with Crippen molar-refractivity contribution in [3.05, 3.63) is 71.7 Å². The fraction of sp³-hybridized carbons (Fsp3) is 0.0556. The average Bonchev–Trinajstić information content (AvgIpc) is 2.97. The minimum absolute atomic E-state index is 0.0498. The van der Waals surface area contributed by atoms with Crippen molar-refractivity contribution >= 4 is 11.7 Å². The number of aromatic nitrogens is 2. The van der Waals surface area contributed by atoms with E-state index >= 15 is 0 Å². The molecule has 0 fully saturated rings. The number of hydrogen-bond donors (Lipinski definition) is 4. The predicted octanol–water partition coefficient (Wildman–Crippen LogP) is 2.42. The number of nitrogens with one attached hydrogen (secondary N) is 2. The van der Waals surface area contributed by atoms with Gasteiger partial charge in [-0.3, -0.25) is 10.8 Å². The Balaban J connectivity index is 1.95. The second kappa shape index (κ2) is 6.00. The zero-order chi connectivity index (χ0) is 17.3. The van der Waals surface area contributed by atoms with Crippen LogP contribution in [0.15, 0.2) is 54.7 Å². The van der Waals surface area contributed by atoms with Crippen molar-refractivity contribution < 1.29 is 0 Å². The number of nitrogens with two attached hydrogens (primary N) is 2. The van der Waals surface area contributed by atoms with E-state index in [1.807, 2.05) is 66.2 Å². The SMILES string of the molecule is Cc1nc(-c2ccc(C(=N)N)cc2)cn1-c1ccc(C(=N)N)cc1. The highest BCUT2D eigenvalue weighted by atomic mass is 15.1. The molecule has 6 nitrogen and oxygen atoms in total. The molecule has 0 spiro atoms. The van der Waals surface area contributed by atoms with Gasteiger partial charge in [-0.15, -0.1) is 0 Å². The van der Waals surface area contributed by atoms with Gasteiger partial charge < -0.3 is 16.0 Å². The Morgan fingerprint density at radius 1 is 0.875 bits per heavy atom. The highest BCUT2D eigenvalue weighted by Crippen LogP contribution is 2.22. The monoisotopic (exact) mass is 318 g/mol. The normalized spacial score (nSPS) is 10.5. The molecule has 2 aromatic carbocycles. The summed E-state index contributed by atoms with van der Waals surface area (Å²) in [4.78, 5) is 4.60. The summed E-state index contributed by atoms with van der Waals surface area (Å²) in [5.74, 6) is 0.959. The maximum Gasteiger partial charge on any atom is 0.122 e. The van der Waals surface area contributed by atoms with Crippen molar-refractivity contribution in [3.8, 4) is 16.9 Å². The lowest BCUT2D eigenvalue weighted by atomic mass is 10.1. The van der Waals surface area contributed by atoms with Crippen molar-refractivity contribution in [3.63, 3.8) is 0 Å². The van der Waals surface area contributed by atoms with E-state index in [9.17, 15) is 0 Å². The molecular weight excluding hydrogens is 300 g/mol. The number of amidine groups is 2. The standard InChI is InChI=1S/C18H18N6/c1-11-23-16(12-2-4-13(5-3-12)17(19)20)10-24(11)15-8-6-14(7-9-15)18(21)22/h2-10H,1H3,(H3,19,20)(H3,21,22). The van der Waals surface area contributed by atoms with Crippen LogP contribution in [0.25, 0.3) is 16.9 Å². The topological polar surface area (TPSA) is 118 Å². The first-order chi connectivity index (χ1) is 11.5. The van der Waals surface area contributed by atoms with Gasteiger partial charge in [-0.05, 0) is 31.2 Å². The maximum absolute atomic E-state index is 7.45. The lowest BCUT2D eigenvalue weighted by Crippen LogP contribution is -2.10. The molecule has 0 aliphatic heterocycles. The molecule has 3 rings (SSSR count). The second-order valence-electron chi connectivity index (χ2n) is 5.49. The van der Waals surface area contributed by atoms with Gasteiger partial charge in [0.25, 0.3) is 0 Å². The van der Waals surface area contributed by atoms with Gasteiger partial charge in [-0.1, -0.05) is 24.3 Å². The van der Waals surface area contributed by atoms with Crippen molar-refractivity contribution in [2.24, 2.45) is 11.5 Å². The van der Waals surface area contributed by atoms with Crippen LogP contribution in [-0.2, 0) is 0 Å². The summed E-state index contributed by atoms with van der Waals surface area (Å²) in [5.41, 5.74) is 15.1. The molecule has 0 amide bonds. The summed E-state index contributed by atoms with van der Waals surface area (Å²) in [5, 5.41) is 14.9. The van der Waals surface area contributed by atoms with Gasteiger partial charge in [-0.25, -0.2) is 4.98 Å². The van der Waals surface area contributed by atoms with Gasteiger partial charge in [-0.2, -0.15) is 0 Å². The third-order valence-electron chi connectivity index (χ3n) is 3.83. The Morgan fingerprint density at radius 2 is 1.38 bits per heavy atom. The molecule has 3 aromatic rings. The van der Waals surface area contributed by atoms with Crippen LogP contribution in [-0.4, -0.2) is 21.2 Å². The lowest BCUT2D eigenvalue weighted by Gasteiger charge is -2.05. The molecule has 6 N–H and O–H groups in total. The summed E-state index contributed by atoms with van der Waals surface area (Å²) in [6.07, 6.45) is 1.96. The molecule has 0 aliphatic rings. The quantitative estimate of drug-likeness (QED) is 0.437. The fourth-order valence-corrected chi connectivity index (χ4v) is 2.50. The van der Waals surface area contributed by atoms with Crippen molar-refractivity contribution in [1.29, 1.82) is 10.8 Å². The van der Waals surface area contributed by atoms with Gasteiger partial charge in [0.2, 0.25) is 0 Å². The molecule has 0 saturated heterocycles. The Kier molecular flexibility index (Phi) is 3.87. The van der Waals surface area contributed by atoms with Gasteiger partial charge in [0.15, 0.2) is 0 Å². The Labute approximate surface area is 139 Å². The highest BCUT2D eigenvalue weighted by molar-refractivity contribution is 5.95. The van der Waals surface area contributed by atoms with E-state index in [4.69, 9.17) is 22.3 Å². The maximum atomic E-state index is 7.45. The molecule has 0 radical (unpaired) electrons. The molecule has 6 heteroatoms. The number of benzene rings is 2. The van der Waals surface area contributed by atoms with Crippen LogP contribution in [0.2, 0.25) is 0 Å². The second-order valence-corrected chi connectivity index (χ2v) is 5.49. The summed E-state index contributed by atoms with van der Waals surface area (Å²) < 4.78 is 1.98. The van der Waals surface area contributed by atoms with E-state index in [1.54, 1.807) is 0 Å². The number of nitrogens with zero attached hydrogens (tertiary/aromatic N) is 2. The number of hydrogen-bond acceptors (Lipinski definition) is 3. The molecule has 0 unspecified atom stereocenters. The number of aryl methyl sites for hydroxylation is 1. The largest absolute Gasteiger partial charge is 0.384 e. The molecule has 1 aromatic heterocycles. The van der Waals surface area contributed by atoms with Crippen LogP contribution in [0, 0.1) is 17.7 Å². The van der Waals surface area contributed by atoms with Crippen molar-refractivity contribution in [2.45, 2.75) is 6.92 Å². The Hall–Kier alpha value is -3.41. The fourth-order valence-electron chi connectivity index (χ4n) is 2.50. The van der Waals surface area contributed by atoms with E-state index in [1.165, 1.54) is 0 Å². The summed E-state index contributed by atoms with van der Waals surface area (Å²) in [6, 6.07) is 14.9. The molecule has 24 heavy (non-hydrogen) atoms. The number of rotatable bonds is 4. The minimum Gasteiger partial charge on any atom is -0.384 e. The smallest absolute Gasteiger partial charge is 0.122 e. The highest BCUT2D eigenvalue weighted by Gasteiger charge is 2.09. The van der Waals surface area contributed by atoms with E-state index in [0.29, 0.717) is 11.1 Å². The first kappa shape index (κ1) is 15.5. The van der Waals surface area contributed by atoms with Gasteiger partial charge in [0, 0.05) is 28.6 Å². The summed E-state index contributed by atoms with van der Waals surface area (Å²) in [6.45, 7) is 1.94. The van der Waals surface area contributed by atoms with Crippen LogP contribution in [0.3, 0.4) is 0 Å². The van der Waals surface area contributed by atoms with Gasteiger partial charge >= 0.3 is 0 Å². The molecular formula is C18H18N6. The third kappa shape index (κ3) is 2.89. The zero-order valence-corrected chi connectivity index (χ0v) is 13.2. The zero-order valence-electron chi connectivity index (χ0n) is 13.2. The van der Waals surface area contributed by atoms with Gasteiger partial charge in [0.05, 0.1) is 5.69 Å². The molecule has 0 bridgehead atoms. The van der Waals surface area contributed by atoms with Crippen LogP contribution in [0.5, 0.6) is 0 Å². The van der Waals surface area contributed by atoms with Crippen molar-refractivity contribution in [1.82, 2.24) is 9.55 Å². The summed E-state index contributed by atoms with van der Waals surface area (Å²) >= 11 is 0. The van der Waals surface area contributed by atoms with E-state index in [-0.39, 0.29) is 11.7 Å². The van der Waals surface area contributed by atoms with Gasteiger partial charge in [0.1, 0.15) is 17.5 Å². The third-order valence-corrected chi connectivity index (χ3v) is 3.83. The Bertz CT molecular complexity index is 904. The van der Waals surface area contributed by atoms with E-state index in [0.717, 1.165) is 22.8 Å². The Morgan fingerprint density at radius 3 is 1.88 bits per heavy atom. The first-order valence-electron chi connectivity index (χ1n) is 7.41. The van der Waals surface area contributed by atoms with E-state index < -0.39 is 0 Å². The lowest BCUT2D eigenvalue weighted by molar-refractivity contribution is 0.975. The summed E-state index contributed by atoms with van der Waals surface area (Å²) in [7, 11) is 0. The van der Waals surface area contributed by atoms with Crippen LogP contribution in [0.1, 0.15) is 17.0 Å². The average molecular weight is 318 g/mol. The minimum atomic E-state index is 0.0498. The molecule has 120 valence electrons. The predicted molar refractivity (Wildman–Crippen MR) is 95.8 cm³/mol.